The van der Waals surface area contributed by atoms with Crippen molar-refractivity contribution >= 4 is 15.7 Å². The van der Waals surface area contributed by atoms with Crippen molar-refractivity contribution in [3.8, 4) is 0 Å². The topological polar surface area (TPSA) is 70.8 Å². The molecule has 19 heavy (non-hydrogen) atoms. The Balaban J connectivity index is 2.36. The van der Waals surface area contributed by atoms with Crippen molar-refractivity contribution in [3.63, 3.8) is 0 Å². The van der Waals surface area contributed by atoms with Crippen LogP contribution in [0.25, 0.3) is 0 Å². The van der Waals surface area contributed by atoms with Crippen molar-refractivity contribution in [2.24, 2.45) is 0 Å². The number of furan rings is 1. The zero-order valence-electron chi connectivity index (χ0n) is 10.1. The molecule has 0 bridgehead atoms. The van der Waals surface area contributed by atoms with Crippen LogP contribution in [0.3, 0.4) is 0 Å². The third kappa shape index (κ3) is 2.61. The summed E-state index contributed by atoms with van der Waals surface area (Å²) in [6, 6.07) is 7.68. The molecule has 0 saturated heterocycles. The van der Waals surface area contributed by atoms with Gasteiger partial charge < -0.3 is 9.52 Å². The summed E-state index contributed by atoms with van der Waals surface area (Å²) >= 11 is 0. The summed E-state index contributed by atoms with van der Waals surface area (Å²) in [6.45, 7) is -0.379. The molecular formula is C12H12FNO4S. The van der Waals surface area contributed by atoms with Crippen LogP contribution in [0, 0.1) is 5.82 Å². The van der Waals surface area contributed by atoms with Gasteiger partial charge in [-0.25, -0.2) is 4.39 Å². The first kappa shape index (κ1) is 13.6. The minimum Gasteiger partial charge on any atom is -0.445 e. The number of anilines is 1. The third-order valence-corrected chi connectivity index (χ3v) is 4.26. The molecule has 1 aromatic carbocycles. The standard InChI is InChI=1S/C12H12FNO4S/c1-14(10-4-2-9(13)3-5-10)19(16,17)12-7-6-11(8-15)18-12/h2-7,15H,8H2,1H3. The van der Waals surface area contributed by atoms with Gasteiger partial charge in [0.15, 0.2) is 0 Å². The maximum atomic E-state index is 12.8. The average Bonchev–Trinajstić information content (AvgIpc) is 2.88. The minimum atomic E-state index is -3.86. The molecule has 2 rings (SSSR count). The van der Waals surface area contributed by atoms with Crippen LogP contribution in [-0.4, -0.2) is 20.6 Å². The number of hydrogen-bond acceptors (Lipinski definition) is 4. The predicted molar refractivity (Wildman–Crippen MR) is 66.6 cm³/mol. The first-order valence-electron chi connectivity index (χ1n) is 5.39. The van der Waals surface area contributed by atoms with E-state index < -0.39 is 15.8 Å². The molecule has 0 aliphatic carbocycles. The molecule has 0 fully saturated rings. The van der Waals surface area contributed by atoms with Gasteiger partial charge >= 0.3 is 0 Å². The van der Waals surface area contributed by atoms with Gasteiger partial charge in [0.05, 0.1) is 5.69 Å². The average molecular weight is 285 g/mol. The molecule has 5 nitrogen and oxygen atoms in total. The molecule has 0 atom stereocenters. The Morgan fingerprint density at radius 3 is 2.37 bits per heavy atom. The molecule has 0 amide bonds. The highest BCUT2D eigenvalue weighted by Crippen LogP contribution is 2.23. The number of aliphatic hydroxyl groups excluding tert-OH is 1. The molecule has 2 aromatic rings. The number of aliphatic hydroxyl groups is 1. The maximum absolute atomic E-state index is 12.8. The Morgan fingerprint density at radius 1 is 1.21 bits per heavy atom. The summed E-state index contributed by atoms with van der Waals surface area (Å²) in [5.74, 6) is -0.291. The van der Waals surface area contributed by atoms with Crippen molar-refractivity contribution in [2.75, 3.05) is 11.4 Å². The van der Waals surface area contributed by atoms with Crippen LogP contribution in [0.15, 0.2) is 45.9 Å². The van der Waals surface area contributed by atoms with Gasteiger partial charge in [0, 0.05) is 7.05 Å². The molecule has 1 heterocycles. The highest BCUT2D eigenvalue weighted by molar-refractivity contribution is 7.92. The van der Waals surface area contributed by atoms with Gasteiger partial charge in [-0.1, -0.05) is 0 Å². The quantitative estimate of drug-likeness (QED) is 0.928. The monoisotopic (exact) mass is 285 g/mol. The molecule has 102 valence electrons. The SMILES string of the molecule is CN(c1ccc(F)cc1)S(=O)(=O)c1ccc(CO)o1. The van der Waals surface area contributed by atoms with Crippen LogP contribution in [0.4, 0.5) is 10.1 Å². The van der Waals surface area contributed by atoms with E-state index in [4.69, 9.17) is 9.52 Å². The zero-order chi connectivity index (χ0) is 14.0. The predicted octanol–water partition coefficient (Wildman–Crippen LogP) is 1.74. The number of benzene rings is 1. The Morgan fingerprint density at radius 2 is 1.84 bits per heavy atom. The Labute approximate surface area is 109 Å². The zero-order valence-corrected chi connectivity index (χ0v) is 10.9. The van der Waals surface area contributed by atoms with Crippen LogP contribution in [0.2, 0.25) is 0 Å². The molecular weight excluding hydrogens is 273 g/mol. The molecule has 0 aliphatic rings. The normalized spacial score (nSPS) is 11.5. The van der Waals surface area contributed by atoms with Crippen LogP contribution in [0.5, 0.6) is 0 Å². The largest absolute Gasteiger partial charge is 0.445 e. The Kier molecular flexibility index (Phi) is 3.59. The van der Waals surface area contributed by atoms with Crippen molar-refractivity contribution in [3.05, 3.63) is 48.0 Å². The van der Waals surface area contributed by atoms with Gasteiger partial charge in [-0.15, -0.1) is 0 Å². The third-order valence-electron chi connectivity index (χ3n) is 2.60. The summed E-state index contributed by atoms with van der Waals surface area (Å²) in [4.78, 5) is 0. The smallest absolute Gasteiger partial charge is 0.297 e. The summed E-state index contributed by atoms with van der Waals surface area (Å²) in [5, 5.41) is 8.58. The number of halogens is 1. The molecule has 1 aromatic heterocycles. The van der Waals surface area contributed by atoms with E-state index in [2.05, 4.69) is 0 Å². The second-order valence-corrected chi connectivity index (χ2v) is 5.73. The van der Waals surface area contributed by atoms with Crippen LogP contribution >= 0.6 is 0 Å². The molecule has 1 N–H and O–H groups in total. The lowest BCUT2D eigenvalue weighted by atomic mass is 10.3. The van der Waals surface area contributed by atoms with Crippen LogP contribution in [0.1, 0.15) is 5.76 Å². The number of hydrogen-bond donors (Lipinski definition) is 1. The fourth-order valence-electron chi connectivity index (χ4n) is 1.51. The summed E-state index contributed by atoms with van der Waals surface area (Å²) in [7, 11) is -2.52. The molecule has 0 saturated carbocycles. The fourth-order valence-corrected chi connectivity index (χ4v) is 2.63. The second-order valence-electron chi connectivity index (χ2n) is 3.83. The molecule has 0 aliphatic heterocycles. The fraction of sp³-hybridized carbons (Fsp3) is 0.167. The highest BCUT2D eigenvalue weighted by atomic mass is 32.2. The van der Waals surface area contributed by atoms with Crippen molar-refractivity contribution in [1.29, 1.82) is 0 Å². The van der Waals surface area contributed by atoms with E-state index in [0.29, 0.717) is 5.69 Å². The summed E-state index contributed by atoms with van der Waals surface area (Å²) in [5.41, 5.74) is 0.309. The van der Waals surface area contributed by atoms with Crippen molar-refractivity contribution < 1.29 is 22.3 Å². The lowest BCUT2D eigenvalue weighted by molar-refractivity contribution is 0.236. The maximum Gasteiger partial charge on any atom is 0.297 e. The first-order valence-corrected chi connectivity index (χ1v) is 6.83. The Hall–Kier alpha value is -1.86. The van der Waals surface area contributed by atoms with E-state index in [1.807, 2.05) is 0 Å². The van der Waals surface area contributed by atoms with Gasteiger partial charge in [0.25, 0.3) is 10.0 Å². The highest BCUT2D eigenvalue weighted by Gasteiger charge is 2.25. The van der Waals surface area contributed by atoms with Gasteiger partial charge in [-0.3, -0.25) is 4.31 Å². The molecule has 0 unspecified atom stereocenters. The summed E-state index contributed by atoms with van der Waals surface area (Å²) in [6.07, 6.45) is 0. The number of sulfonamides is 1. The van der Waals surface area contributed by atoms with Crippen LogP contribution in [-0.2, 0) is 16.6 Å². The van der Waals surface area contributed by atoms with Crippen molar-refractivity contribution in [2.45, 2.75) is 11.7 Å². The molecule has 7 heteroatoms. The van der Waals surface area contributed by atoms with Gasteiger partial charge in [0.2, 0.25) is 5.09 Å². The van der Waals surface area contributed by atoms with E-state index in [-0.39, 0.29) is 17.5 Å². The van der Waals surface area contributed by atoms with Crippen molar-refractivity contribution in [1.82, 2.24) is 0 Å². The van der Waals surface area contributed by atoms with Gasteiger partial charge in [0.1, 0.15) is 18.2 Å². The molecule has 0 spiro atoms. The van der Waals surface area contributed by atoms with Gasteiger partial charge in [-0.2, -0.15) is 8.42 Å². The van der Waals surface area contributed by atoms with Crippen LogP contribution < -0.4 is 4.31 Å². The summed E-state index contributed by atoms with van der Waals surface area (Å²) < 4.78 is 43.2. The van der Waals surface area contributed by atoms with Gasteiger partial charge in [-0.05, 0) is 36.4 Å². The van der Waals surface area contributed by atoms with E-state index >= 15 is 0 Å². The van der Waals surface area contributed by atoms with E-state index in [1.165, 1.54) is 43.4 Å². The van der Waals surface area contributed by atoms with E-state index in [0.717, 1.165) is 4.31 Å². The van der Waals surface area contributed by atoms with E-state index in [9.17, 15) is 12.8 Å². The molecule has 0 radical (unpaired) electrons. The number of nitrogens with zero attached hydrogens (tertiary/aromatic N) is 1. The first-order chi connectivity index (χ1) is 8.95. The van der Waals surface area contributed by atoms with E-state index in [1.54, 1.807) is 0 Å². The minimum absolute atomic E-state index is 0.158. The lowest BCUT2D eigenvalue weighted by Gasteiger charge is -2.17. The lowest BCUT2D eigenvalue weighted by Crippen LogP contribution is -2.26. The Bertz CT molecular complexity index is 663. The second kappa shape index (κ2) is 5.02. The number of rotatable bonds is 4.